The van der Waals surface area contributed by atoms with Gasteiger partial charge in [0.25, 0.3) is 0 Å². The van der Waals surface area contributed by atoms with Crippen LogP contribution in [0.3, 0.4) is 0 Å². The Morgan fingerprint density at radius 2 is 2.10 bits per heavy atom. The Balaban J connectivity index is 2.63. The molecule has 6 nitrogen and oxygen atoms in total. The third-order valence-corrected chi connectivity index (χ3v) is 3.27. The van der Waals surface area contributed by atoms with Gasteiger partial charge in [0.05, 0.1) is 17.8 Å². The molecular weight excluding hydrogens is 258 g/mol. The lowest BCUT2D eigenvalue weighted by atomic mass is 10.1. The van der Waals surface area contributed by atoms with Gasteiger partial charge in [-0.25, -0.2) is 4.79 Å². The van der Waals surface area contributed by atoms with E-state index >= 15 is 0 Å². The lowest BCUT2D eigenvalue weighted by Crippen LogP contribution is -2.34. The minimum Gasteiger partial charge on any atom is -0.476 e. The summed E-state index contributed by atoms with van der Waals surface area (Å²) in [5.41, 5.74) is 1.19. The Labute approximate surface area is 117 Å². The second-order valence-corrected chi connectivity index (χ2v) is 4.63. The van der Waals surface area contributed by atoms with Crippen molar-refractivity contribution in [2.45, 2.75) is 13.0 Å². The molecule has 20 heavy (non-hydrogen) atoms. The highest BCUT2D eigenvalue weighted by Crippen LogP contribution is 2.28. The smallest absolute Gasteiger partial charge is 0.358 e. The highest BCUT2D eigenvalue weighted by atomic mass is 16.5. The maximum atomic E-state index is 11.4. The fourth-order valence-corrected chi connectivity index (χ4v) is 2.11. The van der Waals surface area contributed by atoms with Crippen molar-refractivity contribution >= 4 is 22.6 Å². The van der Waals surface area contributed by atoms with Gasteiger partial charge in [-0.3, -0.25) is 0 Å². The first-order valence-corrected chi connectivity index (χ1v) is 6.26. The van der Waals surface area contributed by atoms with Gasteiger partial charge >= 0.3 is 5.97 Å². The molecule has 1 atom stereocenters. The van der Waals surface area contributed by atoms with E-state index in [0.29, 0.717) is 17.8 Å². The zero-order valence-electron chi connectivity index (χ0n) is 11.7. The van der Waals surface area contributed by atoms with Gasteiger partial charge in [0.1, 0.15) is 0 Å². The minimum atomic E-state index is -1.09. The maximum absolute atomic E-state index is 11.4. The Bertz CT molecular complexity index is 630. The lowest BCUT2D eigenvalue weighted by Gasteiger charge is -2.28. The fourth-order valence-electron chi connectivity index (χ4n) is 2.11. The van der Waals surface area contributed by atoms with Gasteiger partial charge in [-0.2, -0.15) is 0 Å². The van der Waals surface area contributed by atoms with E-state index in [4.69, 9.17) is 4.74 Å². The summed E-state index contributed by atoms with van der Waals surface area (Å²) in [5.74, 6) is -1.09. The number of methoxy groups -OCH3 is 1. The molecule has 0 saturated carbocycles. The number of rotatable bonds is 5. The van der Waals surface area contributed by atoms with E-state index in [0.717, 1.165) is 5.39 Å². The Morgan fingerprint density at radius 3 is 2.75 bits per heavy atom. The standard InChI is InChI=1S/C14H17N3O3/c1-9(8-20-3)17(2)13-10-6-4-5-7-11(10)15-16-12(13)14(18)19/h4-7,9H,8H2,1-3H3,(H,18,19). The number of fused-ring (bicyclic) bond motifs is 1. The van der Waals surface area contributed by atoms with Crippen molar-refractivity contribution < 1.29 is 14.6 Å². The second kappa shape index (κ2) is 5.83. The fraction of sp³-hybridized carbons (Fsp3) is 0.357. The summed E-state index contributed by atoms with van der Waals surface area (Å²) in [5, 5.41) is 17.9. The molecule has 6 heteroatoms. The number of nitrogens with zero attached hydrogens (tertiary/aromatic N) is 3. The van der Waals surface area contributed by atoms with Gasteiger partial charge in [-0.15, -0.1) is 10.2 Å². The number of hydrogen-bond acceptors (Lipinski definition) is 5. The van der Waals surface area contributed by atoms with Crippen LogP contribution in [0.4, 0.5) is 5.69 Å². The third kappa shape index (κ3) is 2.55. The summed E-state index contributed by atoms with van der Waals surface area (Å²) in [6, 6.07) is 7.38. The minimum absolute atomic E-state index is 0.0192. The number of benzene rings is 1. The molecule has 0 aliphatic carbocycles. The van der Waals surface area contributed by atoms with Gasteiger partial charge in [0, 0.05) is 25.6 Å². The highest BCUT2D eigenvalue weighted by molar-refractivity contribution is 6.02. The van der Waals surface area contributed by atoms with Crippen molar-refractivity contribution in [2.24, 2.45) is 0 Å². The first kappa shape index (κ1) is 14.2. The van der Waals surface area contributed by atoms with E-state index in [1.165, 1.54) is 0 Å². The molecule has 0 fully saturated rings. The number of ether oxygens (including phenoxy) is 1. The number of aromatic nitrogens is 2. The lowest BCUT2D eigenvalue weighted by molar-refractivity contribution is 0.0690. The van der Waals surface area contributed by atoms with E-state index in [9.17, 15) is 9.90 Å². The molecule has 106 valence electrons. The molecule has 1 aromatic carbocycles. The van der Waals surface area contributed by atoms with Crippen LogP contribution in [0.1, 0.15) is 17.4 Å². The van der Waals surface area contributed by atoms with Crippen LogP contribution in [0, 0.1) is 0 Å². The zero-order valence-corrected chi connectivity index (χ0v) is 11.7. The normalized spacial score (nSPS) is 12.3. The van der Waals surface area contributed by atoms with Gasteiger partial charge in [0.2, 0.25) is 0 Å². The molecule has 1 aromatic heterocycles. The average Bonchev–Trinajstić information content (AvgIpc) is 2.45. The molecule has 0 radical (unpaired) electrons. The second-order valence-electron chi connectivity index (χ2n) is 4.63. The Kier molecular flexibility index (Phi) is 4.14. The summed E-state index contributed by atoms with van der Waals surface area (Å²) in [4.78, 5) is 13.3. The van der Waals surface area contributed by atoms with Crippen molar-refractivity contribution in [3.63, 3.8) is 0 Å². The molecule has 2 rings (SSSR count). The van der Waals surface area contributed by atoms with Crippen molar-refractivity contribution in [2.75, 3.05) is 25.7 Å². The SMILES string of the molecule is COCC(C)N(C)c1c(C(=O)O)nnc2ccccc12. The third-order valence-electron chi connectivity index (χ3n) is 3.27. The van der Waals surface area contributed by atoms with Crippen LogP contribution >= 0.6 is 0 Å². The predicted molar refractivity (Wildman–Crippen MR) is 76.2 cm³/mol. The molecular formula is C14H17N3O3. The summed E-state index contributed by atoms with van der Waals surface area (Å²) in [6.07, 6.45) is 0. The van der Waals surface area contributed by atoms with Gasteiger partial charge in [-0.1, -0.05) is 18.2 Å². The van der Waals surface area contributed by atoms with Crippen molar-refractivity contribution in [1.82, 2.24) is 10.2 Å². The number of aromatic carboxylic acids is 1. The summed E-state index contributed by atoms with van der Waals surface area (Å²) >= 11 is 0. The quantitative estimate of drug-likeness (QED) is 0.896. The van der Waals surface area contributed by atoms with Gasteiger partial charge in [-0.05, 0) is 13.0 Å². The van der Waals surface area contributed by atoms with E-state index in [2.05, 4.69) is 10.2 Å². The van der Waals surface area contributed by atoms with E-state index in [1.54, 1.807) is 7.11 Å². The van der Waals surface area contributed by atoms with E-state index < -0.39 is 5.97 Å². The number of anilines is 1. The Morgan fingerprint density at radius 1 is 1.40 bits per heavy atom. The number of carboxylic acid groups (broad SMARTS) is 1. The largest absolute Gasteiger partial charge is 0.476 e. The maximum Gasteiger partial charge on any atom is 0.358 e. The molecule has 0 bridgehead atoms. The summed E-state index contributed by atoms with van der Waals surface area (Å²) < 4.78 is 5.13. The molecule has 0 saturated heterocycles. The van der Waals surface area contributed by atoms with Gasteiger partial charge < -0.3 is 14.7 Å². The predicted octanol–water partition coefficient (Wildman–Crippen LogP) is 1.80. The van der Waals surface area contributed by atoms with Crippen LogP contribution in [-0.2, 0) is 4.74 Å². The van der Waals surface area contributed by atoms with Crippen LogP contribution in [0.2, 0.25) is 0 Å². The number of carboxylic acids is 1. The molecule has 0 amide bonds. The molecule has 2 aromatic rings. The first-order chi connectivity index (χ1) is 9.56. The first-order valence-electron chi connectivity index (χ1n) is 6.26. The molecule has 0 aliphatic rings. The van der Waals surface area contributed by atoms with Gasteiger partial charge in [0.15, 0.2) is 5.69 Å². The molecule has 0 spiro atoms. The van der Waals surface area contributed by atoms with Crippen molar-refractivity contribution in [1.29, 1.82) is 0 Å². The number of likely N-dealkylation sites (N-methyl/N-ethyl adjacent to an activating group) is 1. The molecule has 1 heterocycles. The monoisotopic (exact) mass is 275 g/mol. The highest BCUT2D eigenvalue weighted by Gasteiger charge is 2.22. The summed E-state index contributed by atoms with van der Waals surface area (Å²) in [7, 11) is 3.45. The van der Waals surface area contributed by atoms with Crippen LogP contribution in [0.25, 0.3) is 10.9 Å². The number of carbonyl (C=O) groups is 1. The van der Waals surface area contributed by atoms with Crippen LogP contribution < -0.4 is 4.90 Å². The number of hydrogen-bond donors (Lipinski definition) is 1. The van der Waals surface area contributed by atoms with Crippen molar-refractivity contribution in [3.05, 3.63) is 30.0 Å². The summed E-state index contributed by atoms with van der Waals surface area (Å²) in [6.45, 7) is 2.45. The van der Waals surface area contributed by atoms with Crippen LogP contribution in [0.5, 0.6) is 0 Å². The van der Waals surface area contributed by atoms with E-state index in [1.807, 2.05) is 43.1 Å². The van der Waals surface area contributed by atoms with Crippen LogP contribution in [0.15, 0.2) is 24.3 Å². The topological polar surface area (TPSA) is 75.5 Å². The molecule has 0 aliphatic heterocycles. The average molecular weight is 275 g/mol. The zero-order chi connectivity index (χ0) is 14.7. The molecule has 1 N–H and O–H groups in total. The molecule has 1 unspecified atom stereocenters. The van der Waals surface area contributed by atoms with Crippen LogP contribution in [-0.4, -0.2) is 48.1 Å². The van der Waals surface area contributed by atoms with Crippen molar-refractivity contribution in [3.8, 4) is 0 Å². The Hall–Kier alpha value is -2.21. The van der Waals surface area contributed by atoms with E-state index in [-0.39, 0.29) is 11.7 Å².